The van der Waals surface area contributed by atoms with Gasteiger partial charge in [0, 0.05) is 39.5 Å². The zero-order valence-electron chi connectivity index (χ0n) is 10.4. The normalized spacial score (nSPS) is 25.6. The molecule has 0 atom stereocenters. The van der Waals surface area contributed by atoms with E-state index in [0.29, 0.717) is 18.8 Å². The van der Waals surface area contributed by atoms with E-state index in [-0.39, 0.29) is 12.8 Å². The second-order valence-corrected chi connectivity index (χ2v) is 5.16. The van der Waals surface area contributed by atoms with Gasteiger partial charge >= 0.3 is 0 Å². The Morgan fingerprint density at radius 1 is 1.41 bits per heavy atom. The molecule has 0 aromatic heterocycles. The largest absolute Gasteiger partial charge is 0.356 e. The van der Waals surface area contributed by atoms with E-state index in [4.69, 9.17) is 0 Å². The number of hydrogen-bond acceptors (Lipinski definition) is 3. The van der Waals surface area contributed by atoms with Crippen molar-refractivity contribution in [3.63, 3.8) is 0 Å². The topological polar surface area (TPSA) is 27.6 Å². The number of nitrogens with zero attached hydrogens (tertiary/aromatic N) is 2. The van der Waals surface area contributed by atoms with Crippen LogP contribution in [0, 0.1) is 5.92 Å². The first-order valence-electron chi connectivity index (χ1n) is 6.44. The number of alkyl halides is 2. The molecular weight excluding hydrogens is 224 g/mol. The number of halogens is 2. The van der Waals surface area contributed by atoms with E-state index >= 15 is 0 Å². The van der Waals surface area contributed by atoms with Gasteiger partial charge in [0.1, 0.15) is 0 Å². The van der Waals surface area contributed by atoms with Crippen molar-refractivity contribution in [3.8, 4) is 0 Å². The molecule has 1 aliphatic heterocycles. The molecule has 0 amide bonds. The molecule has 1 heterocycles. The van der Waals surface area contributed by atoms with E-state index in [0.717, 1.165) is 32.0 Å². The molecule has 17 heavy (non-hydrogen) atoms. The van der Waals surface area contributed by atoms with Crippen LogP contribution in [0.1, 0.15) is 32.1 Å². The van der Waals surface area contributed by atoms with E-state index in [1.165, 1.54) is 0 Å². The Balaban J connectivity index is 1.74. The number of guanidine groups is 1. The second kappa shape index (κ2) is 5.19. The van der Waals surface area contributed by atoms with Crippen LogP contribution in [0.2, 0.25) is 0 Å². The first-order valence-corrected chi connectivity index (χ1v) is 6.44. The van der Waals surface area contributed by atoms with Crippen LogP contribution in [0.15, 0.2) is 4.99 Å². The summed E-state index contributed by atoms with van der Waals surface area (Å²) >= 11 is 0. The third-order valence-corrected chi connectivity index (χ3v) is 3.66. The van der Waals surface area contributed by atoms with E-state index in [1.807, 2.05) is 7.05 Å². The fraction of sp³-hybridized carbons (Fsp3) is 0.917. The summed E-state index contributed by atoms with van der Waals surface area (Å²) in [6.45, 7) is 2.67. The lowest BCUT2D eigenvalue weighted by atomic mass is 9.87. The Morgan fingerprint density at radius 3 is 2.76 bits per heavy atom. The smallest absolute Gasteiger partial charge is 0.248 e. The third kappa shape index (κ3) is 3.54. The van der Waals surface area contributed by atoms with Crippen molar-refractivity contribution in [1.82, 2.24) is 10.2 Å². The predicted octanol–water partition coefficient (Wildman–Crippen LogP) is 2.09. The molecule has 0 radical (unpaired) electrons. The van der Waals surface area contributed by atoms with Crippen LogP contribution >= 0.6 is 0 Å². The summed E-state index contributed by atoms with van der Waals surface area (Å²) in [5.41, 5.74) is 0. The van der Waals surface area contributed by atoms with Gasteiger partial charge in [-0.15, -0.1) is 0 Å². The average Bonchev–Trinajstić information content (AvgIpc) is 2.30. The van der Waals surface area contributed by atoms with Gasteiger partial charge in [0.25, 0.3) is 0 Å². The van der Waals surface area contributed by atoms with Crippen molar-refractivity contribution >= 4 is 5.96 Å². The molecule has 0 spiro atoms. The summed E-state index contributed by atoms with van der Waals surface area (Å²) in [7, 11) is 2.01. The van der Waals surface area contributed by atoms with Crippen LogP contribution in [0.25, 0.3) is 0 Å². The minimum atomic E-state index is -2.42. The number of nitrogens with one attached hydrogen (secondary N) is 1. The van der Waals surface area contributed by atoms with Crippen molar-refractivity contribution in [2.75, 3.05) is 26.7 Å². The summed E-state index contributed by atoms with van der Waals surface area (Å²) < 4.78 is 26.0. The molecule has 0 saturated heterocycles. The SMILES string of the molecule is CN1CCCN=C1NCC1CCC(F)(F)CC1. The van der Waals surface area contributed by atoms with Crippen LogP contribution in [-0.4, -0.2) is 43.5 Å². The zero-order chi connectivity index (χ0) is 12.3. The highest BCUT2D eigenvalue weighted by Gasteiger charge is 2.34. The average molecular weight is 245 g/mol. The first-order chi connectivity index (χ1) is 8.07. The van der Waals surface area contributed by atoms with Gasteiger partial charge in [-0.2, -0.15) is 0 Å². The Morgan fingerprint density at radius 2 is 2.12 bits per heavy atom. The van der Waals surface area contributed by atoms with E-state index in [1.54, 1.807) is 0 Å². The van der Waals surface area contributed by atoms with Gasteiger partial charge in [0.05, 0.1) is 0 Å². The van der Waals surface area contributed by atoms with Crippen LogP contribution in [0.4, 0.5) is 8.78 Å². The molecule has 2 rings (SSSR count). The van der Waals surface area contributed by atoms with Crippen LogP contribution < -0.4 is 5.32 Å². The molecule has 0 bridgehead atoms. The first kappa shape index (κ1) is 12.6. The highest BCUT2D eigenvalue weighted by molar-refractivity contribution is 5.80. The minimum absolute atomic E-state index is 0.0433. The Hall–Kier alpha value is -0.870. The molecule has 0 unspecified atom stereocenters. The Labute approximate surface area is 101 Å². The molecule has 0 aromatic carbocycles. The molecule has 98 valence electrons. The molecule has 3 nitrogen and oxygen atoms in total. The van der Waals surface area contributed by atoms with Crippen LogP contribution in [0.5, 0.6) is 0 Å². The summed E-state index contributed by atoms with van der Waals surface area (Å²) in [5.74, 6) is -1.13. The van der Waals surface area contributed by atoms with Crippen molar-refractivity contribution in [1.29, 1.82) is 0 Å². The molecule has 1 aliphatic carbocycles. The fourth-order valence-corrected chi connectivity index (χ4v) is 2.45. The Bertz CT molecular complexity index is 281. The molecular formula is C12H21F2N3. The van der Waals surface area contributed by atoms with Crippen LogP contribution in [-0.2, 0) is 0 Å². The summed E-state index contributed by atoms with van der Waals surface area (Å²) in [6, 6.07) is 0. The molecule has 2 aliphatic rings. The summed E-state index contributed by atoms with van der Waals surface area (Å²) in [5, 5.41) is 3.30. The molecule has 1 saturated carbocycles. The van der Waals surface area contributed by atoms with E-state index in [9.17, 15) is 8.78 Å². The molecule has 0 aromatic rings. The third-order valence-electron chi connectivity index (χ3n) is 3.66. The zero-order valence-corrected chi connectivity index (χ0v) is 10.4. The second-order valence-electron chi connectivity index (χ2n) is 5.16. The number of aliphatic imine (C=N–C) groups is 1. The molecule has 5 heteroatoms. The molecule has 1 N–H and O–H groups in total. The van der Waals surface area contributed by atoms with Crippen molar-refractivity contribution in [3.05, 3.63) is 0 Å². The standard InChI is InChI=1S/C12H21F2N3/c1-17-8-2-7-15-11(17)16-9-10-3-5-12(13,14)6-4-10/h10H,2-9H2,1H3,(H,15,16). The van der Waals surface area contributed by atoms with Crippen molar-refractivity contribution in [2.45, 2.75) is 38.0 Å². The van der Waals surface area contributed by atoms with Gasteiger partial charge in [0.15, 0.2) is 5.96 Å². The van der Waals surface area contributed by atoms with Gasteiger partial charge in [-0.05, 0) is 25.2 Å². The lowest BCUT2D eigenvalue weighted by Crippen LogP contribution is -2.44. The summed E-state index contributed by atoms with van der Waals surface area (Å²) in [4.78, 5) is 6.50. The Kier molecular flexibility index (Phi) is 3.84. The molecule has 1 fully saturated rings. The van der Waals surface area contributed by atoms with E-state index < -0.39 is 5.92 Å². The van der Waals surface area contributed by atoms with Gasteiger partial charge in [0.2, 0.25) is 5.92 Å². The predicted molar refractivity (Wildman–Crippen MR) is 64.5 cm³/mol. The lowest BCUT2D eigenvalue weighted by molar-refractivity contribution is -0.0451. The maximum Gasteiger partial charge on any atom is 0.248 e. The number of rotatable bonds is 2. The van der Waals surface area contributed by atoms with Crippen molar-refractivity contribution in [2.24, 2.45) is 10.9 Å². The van der Waals surface area contributed by atoms with Crippen LogP contribution in [0.3, 0.4) is 0 Å². The van der Waals surface area contributed by atoms with E-state index in [2.05, 4.69) is 15.2 Å². The quantitative estimate of drug-likeness (QED) is 0.806. The highest BCUT2D eigenvalue weighted by atomic mass is 19.3. The van der Waals surface area contributed by atoms with Gasteiger partial charge < -0.3 is 10.2 Å². The number of hydrogen-bond donors (Lipinski definition) is 1. The minimum Gasteiger partial charge on any atom is -0.356 e. The lowest BCUT2D eigenvalue weighted by Gasteiger charge is -2.31. The maximum atomic E-state index is 13.0. The van der Waals surface area contributed by atoms with Gasteiger partial charge in [-0.1, -0.05) is 0 Å². The maximum absolute atomic E-state index is 13.0. The fourth-order valence-electron chi connectivity index (χ4n) is 2.45. The van der Waals surface area contributed by atoms with Gasteiger partial charge in [-0.3, -0.25) is 4.99 Å². The highest BCUT2D eigenvalue weighted by Crippen LogP contribution is 2.35. The summed E-state index contributed by atoms with van der Waals surface area (Å²) in [6.07, 6.45) is 2.43. The monoisotopic (exact) mass is 245 g/mol. The van der Waals surface area contributed by atoms with Gasteiger partial charge in [-0.25, -0.2) is 8.78 Å². The van der Waals surface area contributed by atoms with Crippen molar-refractivity contribution < 1.29 is 8.78 Å².